The fourth-order valence-corrected chi connectivity index (χ4v) is 7.41. The zero-order valence-electron chi connectivity index (χ0n) is 24.8. The van der Waals surface area contributed by atoms with E-state index in [4.69, 9.17) is 16.4 Å². The van der Waals surface area contributed by atoms with Crippen LogP contribution >= 0.6 is 11.6 Å². The van der Waals surface area contributed by atoms with Crippen molar-refractivity contribution >= 4 is 39.3 Å². The van der Waals surface area contributed by atoms with Gasteiger partial charge in [0.15, 0.2) is 0 Å². The lowest BCUT2D eigenvalue weighted by Crippen LogP contribution is -2.59. The average molecular weight is 671 g/mol. The van der Waals surface area contributed by atoms with Crippen LogP contribution in [0.25, 0.3) is 0 Å². The van der Waals surface area contributed by atoms with Gasteiger partial charge in [-0.3, -0.25) is 24.4 Å². The van der Waals surface area contributed by atoms with E-state index < -0.39 is 45.9 Å². The van der Waals surface area contributed by atoms with Crippen LogP contribution in [0.1, 0.15) is 70.3 Å². The number of carbonyl (C=O) groups is 3. The lowest BCUT2D eigenvalue weighted by atomic mass is 9.76. The molecule has 0 radical (unpaired) electrons. The summed E-state index contributed by atoms with van der Waals surface area (Å²) in [4.78, 5) is 57.3. The van der Waals surface area contributed by atoms with Crippen molar-refractivity contribution in [2.24, 2.45) is 5.18 Å². The van der Waals surface area contributed by atoms with Crippen molar-refractivity contribution in [1.29, 1.82) is 0 Å². The fraction of sp³-hybridized carbons (Fsp3) is 0.355. The zero-order chi connectivity index (χ0) is 33.0. The molecule has 4 atom stereocenters. The first-order valence-corrected chi connectivity index (χ1v) is 16.9. The number of hydrogen-bond donors (Lipinski definition) is 3. The number of hydroxylamine groups is 1. The molecule has 0 spiro atoms. The van der Waals surface area contributed by atoms with E-state index in [2.05, 4.69) is 15.4 Å². The van der Waals surface area contributed by atoms with Crippen molar-refractivity contribution in [1.82, 2.24) is 15.1 Å². The van der Waals surface area contributed by atoms with E-state index in [1.165, 1.54) is 18.5 Å². The summed E-state index contributed by atoms with van der Waals surface area (Å²) in [6.45, 7) is -0.0346. The van der Waals surface area contributed by atoms with E-state index >= 15 is 0 Å². The molecule has 2 aromatic carbocycles. The third-order valence-corrected chi connectivity index (χ3v) is 9.30. The fourth-order valence-electron chi connectivity index (χ4n) is 6.31. The summed E-state index contributed by atoms with van der Waals surface area (Å²) in [6.07, 6.45) is 6.01. The second kappa shape index (κ2) is 14.0. The van der Waals surface area contributed by atoms with Gasteiger partial charge in [0.1, 0.15) is 5.02 Å². The van der Waals surface area contributed by atoms with Gasteiger partial charge in [0.25, 0.3) is 17.7 Å². The molecule has 1 aliphatic heterocycles. The molecule has 0 saturated heterocycles. The van der Waals surface area contributed by atoms with Gasteiger partial charge in [0.05, 0.1) is 31.2 Å². The molecule has 0 bridgehead atoms. The molecule has 1 aliphatic carbocycles. The predicted molar refractivity (Wildman–Crippen MR) is 165 cm³/mol. The SMILES string of the molecule is CS(=O)(=O)N[C@H]1CCCC[C@@H]1N1C(=O)c2ccccc2[C@@H](C(=O)NOCc2ccc(CC(=O)N=O)cc2)[C@@H]1c1cc[n+](O)cc1Cl. The summed E-state index contributed by atoms with van der Waals surface area (Å²) in [5.74, 6) is -2.77. The predicted octanol–water partition coefficient (Wildman–Crippen LogP) is 3.09. The summed E-state index contributed by atoms with van der Waals surface area (Å²) < 4.78 is 28.2. The zero-order valence-corrected chi connectivity index (χ0v) is 26.4. The van der Waals surface area contributed by atoms with Crippen LogP contribution in [0.3, 0.4) is 0 Å². The van der Waals surface area contributed by atoms with E-state index in [1.807, 2.05) is 0 Å². The van der Waals surface area contributed by atoms with Gasteiger partial charge in [0.2, 0.25) is 22.4 Å². The Labute approximate surface area is 270 Å². The molecule has 46 heavy (non-hydrogen) atoms. The van der Waals surface area contributed by atoms with Crippen LogP contribution < -0.4 is 14.9 Å². The molecule has 242 valence electrons. The number of pyridine rings is 1. The van der Waals surface area contributed by atoms with Crippen molar-refractivity contribution in [2.75, 3.05) is 6.26 Å². The highest BCUT2D eigenvalue weighted by Gasteiger charge is 2.49. The molecule has 3 amide bonds. The minimum atomic E-state index is -3.63. The molecule has 5 rings (SSSR count). The van der Waals surface area contributed by atoms with Crippen LogP contribution in [0.4, 0.5) is 0 Å². The standard InChI is InChI=1S/C31H32ClN5O8S/c1-46(43,44)35-25-8-4-5-9-26(25)37-29(23-14-15-36(42)17-24(23)32)28(21-6-2-3-7-22(21)31(37)40)30(39)34-45-18-20-12-10-19(11-13-20)16-27(38)33-41/h2-3,6-7,10-15,17,25-26,28-29,35H,4-5,8-9,16,18H2,1H3,(H-,34,39,42)/p+1/t25-,26-,28+,29-/m0/s1. The Kier molecular flexibility index (Phi) is 10.1. The molecular formula is C31H33ClN5O8S+. The molecule has 1 fully saturated rings. The molecule has 2 aliphatic rings. The minimum Gasteiger partial charge on any atom is -0.326 e. The number of nitrogens with zero attached hydrogens (tertiary/aromatic N) is 3. The number of nitrogens with one attached hydrogen (secondary N) is 2. The van der Waals surface area contributed by atoms with Gasteiger partial charge in [-0.15, -0.1) is 4.91 Å². The molecule has 1 saturated carbocycles. The van der Waals surface area contributed by atoms with Gasteiger partial charge < -0.3 is 4.90 Å². The molecule has 0 unspecified atom stereocenters. The Balaban J connectivity index is 1.50. The molecule has 2 heterocycles. The minimum absolute atomic E-state index is 0.0346. The van der Waals surface area contributed by atoms with Crippen LogP contribution in [0.5, 0.6) is 0 Å². The first-order valence-electron chi connectivity index (χ1n) is 14.6. The van der Waals surface area contributed by atoms with E-state index in [1.54, 1.807) is 53.4 Å². The molecule has 1 aromatic heterocycles. The Bertz CT molecular complexity index is 1750. The van der Waals surface area contributed by atoms with Gasteiger partial charge in [-0.05, 0) is 35.6 Å². The van der Waals surface area contributed by atoms with E-state index in [-0.39, 0.29) is 24.0 Å². The van der Waals surface area contributed by atoms with Gasteiger partial charge in [-0.1, -0.05) is 66.9 Å². The van der Waals surface area contributed by atoms with Crippen LogP contribution in [-0.2, 0) is 37.5 Å². The number of fused-ring (bicyclic) bond motifs is 1. The second-order valence-electron chi connectivity index (χ2n) is 11.4. The highest BCUT2D eigenvalue weighted by atomic mass is 35.5. The van der Waals surface area contributed by atoms with Gasteiger partial charge in [0, 0.05) is 39.2 Å². The Hall–Kier alpha value is -4.24. The molecule has 13 nitrogen and oxygen atoms in total. The molecule has 3 aromatic rings. The number of benzene rings is 2. The van der Waals surface area contributed by atoms with Crippen LogP contribution in [-0.4, -0.2) is 54.6 Å². The number of nitroso groups, excluding NO2 is 1. The second-order valence-corrected chi connectivity index (χ2v) is 13.6. The number of hydrogen-bond acceptors (Lipinski definition) is 8. The Morgan fingerprint density at radius 2 is 1.76 bits per heavy atom. The first-order chi connectivity index (χ1) is 22.0. The van der Waals surface area contributed by atoms with E-state index in [0.29, 0.717) is 40.7 Å². The van der Waals surface area contributed by atoms with Gasteiger partial charge in [-0.25, -0.2) is 18.6 Å². The van der Waals surface area contributed by atoms with Crippen molar-refractivity contribution in [3.05, 3.63) is 105 Å². The van der Waals surface area contributed by atoms with Crippen molar-refractivity contribution in [2.45, 2.75) is 62.8 Å². The van der Waals surface area contributed by atoms with Crippen molar-refractivity contribution in [3.8, 4) is 0 Å². The molecular weight excluding hydrogens is 638 g/mol. The maximum Gasteiger partial charge on any atom is 0.290 e. The first kappa shape index (κ1) is 33.1. The highest BCUT2D eigenvalue weighted by Crippen LogP contribution is 2.47. The summed E-state index contributed by atoms with van der Waals surface area (Å²) in [5.41, 5.74) is 4.90. The summed E-state index contributed by atoms with van der Waals surface area (Å²) >= 11 is 6.66. The lowest BCUT2D eigenvalue weighted by Gasteiger charge is -2.49. The number of halogens is 1. The average Bonchev–Trinajstić information content (AvgIpc) is 3.01. The largest absolute Gasteiger partial charge is 0.326 e. The number of amides is 3. The lowest BCUT2D eigenvalue weighted by molar-refractivity contribution is -0.904. The summed E-state index contributed by atoms with van der Waals surface area (Å²) in [7, 11) is -3.63. The van der Waals surface area contributed by atoms with Crippen molar-refractivity contribution in [3.63, 3.8) is 0 Å². The Morgan fingerprint density at radius 3 is 2.46 bits per heavy atom. The molecule has 3 N–H and O–H groups in total. The van der Waals surface area contributed by atoms with Crippen molar-refractivity contribution < 1.29 is 37.6 Å². The maximum absolute atomic E-state index is 14.3. The number of aromatic nitrogens is 1. The third kappa shape index (κ3) is 7.41. The smallest absolute Gasteiger partial charge is 0.290 e. The highest BCUT2D eigenvalue weighted by molar-refractivity contribution is 7.88. The number of carbonyl (C=O) groups excluding carboxylic acids is 3. The van der Waals surface area contributed by atoms with Gasteiger partial charge in [-0.2, -0.15) is 0 Å². The van der Waals surface area contributed by atoms with E-state index in [9.17, 15) is 32.9 Å². The van der Waals surface area contributed by atoms with Crippen LogP contribution in [0.15, 0.2) is 72.2 Å². The third-order valence-electron chi connectivity index (χ3n) is 8.25. The quantitative estimate of drug-likeness (QED) is 0.128. The summed E-state index contributed by atoms with van der Waals surface area (Å²) in [6, 6.07) is 12.7. The Morgan fingerprint density at radius 1 is 1.07 bits per heavy atom. The monoisotopic (exact) mass is 670 g/mol. The maximum atomic E-state index is 14.3. The topological polar surface area (TPSA) is 175 Å². The molecule has 15 heteroatoms. The summed E-state index contributed by atoms with van der Waals surface area (Å²) in [5, 5.41) is 12.5. The van der Waals surface area contributed by atoms with Crippen LogP contribution in [0.2, 0.25) is 5.02 Å². The normalized spacial score (nSPS) is 21.3. The van der Waals surface area contributed by atoms with E-state index in [0.717, 1.165) is 23.8 Å². The van der Waals surface area contributed by atoms with Gasteiger partial charge >= 0.3 is 0 Å². The number of rotatable bonds is 10. The number of sulfonamides is 1. The van der Waals surface area contributed by atoms with Crippen LogP contribution in [0, 0.1) is 4.91 Å².